The Morgan fingerprint density at radius 1 is 0.951 bits per heavy atom. The van der Waals surface area contributed by atoms with Gasteiger partial charge in [0.25, 0.3) is 0 Å². The van der Waals surface area contributed by atoms with Gasteiger partial charge in [0.1, 0.15) is 6.04 Å². The summed E-state index contributed by atoms with van der Waals surface area (Å²) in [6.45, 7) is 1.91. The van der Waals surface area contributed by atoms with Crippen LogP contribution >= 0.6 is 22.9 Å². The summed E-state index contributed by atoms with van der Waals surface area (Å²) in [5.41, 5.74) is 3.45. The van der Waals surface area contributed by atoms with Crippen LogP contribution in [0, 0.1) is 12.8 Å². The number of halogens is 1. The number of carboxylic acids is 1. The third kappa shape index (κ3) is 5.71. The van der Waals surface area contributed by atoms with E-state index in [1.54, 1.807) is 30.3 Å². The monoisotopic (exact) mass is 587 g/mol. The van der Waals surface area contributed by atoms with Gasteiger partial charge in [0.05, 0.1) is 12.0 Å². The molecule has 3 aromatic carbocycles. The Morgan fingerprint density at radius 3 is 2.29 bits per heavy atom. The number of carboxylic acid groups (broad SMARTS) is 1. The number of Topliss-reactive ketones (excluding diaryl/α,β-unsaturated/α-hetero) is 1. The average molecular weight is 588 g/mol. The molecule has 4 unspecified atom stereocenters. The molecule has 1 fully saturated rings. The molecule has 2 heterocycles. The number of ketones is 1. The molecular weight excluding hydrogens is 558 g/mol. The molecule has 1 aliphatic rings. The number of thiophene rings is 1. The van der Waals surface area contributed by atoms with E-state index in [0.717, 1.165) is 16.1 Å². The van der Waals surface area contributed by atoms with Crippen LogP contribution < -0.4 is 10.2 Å². The Kier molecular flexibility index (Phi) is 8.15. The largest absolute Gasteiger partial charge is 0.480 e. The van der Waals surface area contributed by atoms with Crippen LogP contribution in [0.3, 0.4) is 0 Å². The molecule has 4 atom stereocenters. The number of carbonyl (C=O) groups excluding carboxylic acids is 2. The molecule has 2 N–H and O–H groups in total. The van der Waals surface area contributed by atoms with E-state index in [-0.39, 0.29) is 5.78 Å². The van der Waals surface area contributed by atoms with Gasteiger partial charge < -0.3 is 20.2 Å². The van der Waals surface area contributed by atoms with Crippen molar-refractivity contribution in [3.8, 4) is 0 Å². The maximum Gasteiger partial charge on any atom is 0.327 e. The van der Waals surface area contributed by atoms with Crippen molar-refractivity contribution in [2.75, 3.05) is 24.3 Å². The molecule has 41 heavy (non-hydrogen) atoms. The van der Waals surface area contributed by atoms with Crippen LogP contribution in [0.5, 0.6) is 0 Å². The van der Waals surface area contributed by atoms with Crippen molar-refractivity contribution in [2.24, 2.45) is 5.92 Å². The highest BCUT2D eigenvalue weighted by Crippen LogP contribution is 2.52. The highest BCUT2D eigenvalue weighted by molar-refractivity contribution is 7.10. The van der Waals surface area contributed by atoms with Crippen molar-refractivity contribution < 1.29 is 19.5 Å². The van der Waals surface area contributed by atoms with Crippen molar-refractivity contribution in [3.63, 3.8) is 0 Å². The van der Waals surface area contributed by atoms with Gasteiger partial charge in [-0.05, 0) is 65.9 Å². The number of carbonyl (C=O) groups is 3. The van der Waals surface area contributed by atoms with E-state index >= 15 is 0 Å². The van der Waals surface area contributed by atoms with Gasteiger partial charge in [0.15, 0.2) is 5.78 Å². The van der Waals surface area contributed by atoms with Crippen LogP contribution in [0.1, 0.15) is 38.3 Å². The molecule has 210 valence electrons. The fourth-order valence-corrected chi connectivity index (χ4v) is 6.73. The van der Waals surface area contributed by atoms with Gasteiger partial charge in [0.2, 0.25) is 0 Å². The normalized spacial score (nSPS) is 20.0. The zero-order valence-corrected chi connectivity index (χ0v) is 24.4. The van der Waals surface area contributed by atoms with Gasteiger partial charge in [-0.15, -0.1) is 11.3 Å². The minimum absolute atomic E-state index is 0.273. The molecule has 2 amide bonds. The van der Waals surface area contributed by atoms with E-state index in [9.17, 15) is 19.5 Å². The minimum Gasteiger partial charge on any atom is -0.480 e. The van der Waals surface area contributed by atoms with Gasteiger partial charge >= 0.3 is 12.0 Å². The Labute approximate surface area is 248 Å². The number of benzene rings is 3. The quantitative estimate of drug-likeness (QED) is 0.225. The van der Waals surface area contributed by atoms with Crippen LogP contribution in [-0.2, 0) is 4.79 Å². The Bertz CT molecular complexity index is 1570. The first-order valence-electron chi connectivity index (χ1n) is 13.1. The number of hydrogen-bond donors (Lipinski definition) is 2. The first-order chi connectivity index (χ1) is 19.7. The predicted octanol–water partition coefficient (Wildman–Crippen LogP) is 7.10. The summed E-state index contributed by atoms with van der Waals surface area (Å²) in [5.74, 6) is -3.13. The molecule has 1 saturated heterocycles. The second-order valence-electron chi connectivity index (χ2n) is 10.4. The fourth-order valence-electron chi connectivity index (χ4n) is 5.64. The predicted molar refractivity (Wildman–Crippen MR) is 163 cm³/mol. The number of hydrogen-bond acceptors (Lipinski definition) is 5. The van der Waals surface area contributed by atoms with Crippen molar-refractivity contribution in [2.45, 2.75) is 24.9 Å². The number of likely N-dealkylation sites (tertiary alicyclic amines) is 1. The van der Waals surface area contributed by atoms with Crippen molar-refractivity contribution in [3.05, 3.63) is 117 Å². The van der Waals surface area contributed by atoms with Crippen LogP contribution in [0.2, 0.25) is 5.02 Å². The molecular formula is C32H30ClN3O4S. The third-order valence-corrected chi connectivity index (χ3v) is 8.67. The van der Waals surface area contributed by atoms with Gasteiger partial charge in [-0.1, -0.05) is 54.1 Å². The van der Waals surface area contributed by atoms with E-state index in [2.05, 4.69) is 5.32 Å². The molecule has 7 nitrogen and oxygen atoms in total. The second-order valence-corrected chi connectivity index (χ2v) is 11.8. The molecule has 0 aliphatic carbocycles. The van der Waals surface area contributed by atoms with Crippen molar-refractivity contribution >= 4 is 52.1 Å². The molecule has 5 rings (SSSR count). The van der Waals surface area contributed by atoms with Crippen molar-refractivity contribution in [1.82, 2.24) is 4.90 Å². The number of amides is 2. The topological polar surface area (TPSA) is 90.0 Å². The minimum atomic E-state index is -1.30. The Hall–Kier alpha value is -4.14. The van der Waals surface area contributed by atoms with E-state index in [1.165, 1.54) is 16.2 Å². The lowest BCUT2D eigenvalue weighted by Crippen LogP contribution is -2.45. The summed E-state index contributed by atoms with van der Waals surface area (Å²) in [5, 5.41) is 15.8. The van der Waals surface area contributed by atoms with Gasteiger partial charge in [-0.25, -0.2) is 9.59 Å². The number of nitrogens with one attached hydrogen (secondary N) is 1. The molecule has 4 aromatic rings. The van der Waals surface area contributed by atoms with Crippen LogP contribution in [-0.4, -0.2) is 47.9 Å². The summed E-state index contributed by atoms with van der Waals surface area (Å²) >= 11 is 7.65. The average Bonchev–Trinajstić information content (AvgIpc) is 3.59. The molecule has 1 aromatic heterocycles. The number of aryl methyl sites for hydroxylation is 1. The standard InChI is InChI=1S/C32H30ClN3O4S/c1-19-7-4-10-23(17-19)34-32(40)36-28(20-12-14-24(15-13-20)35(2)3)27(30(37)21-8-5-9-22(33)18-21)26(29(36)31(38)39)25-11-6-16-41-25/h4-18,26-29H,1-3H3,(H,34,40)(H,38,39). The second kappa shape index (κ2) is 11.8. The maximum atomic E-state index is 14.4. The van der Waals surface area contributed by atoms with E-state index in [0.29, 0.717) is 21.8 Å². The lowest BCUT2D eigenvalue weighted by Gasteiger charge is -2.31. The van der Waals surface area contributed by atoms with Crippen LogP contribution in [0.15, 0.2) is 90.3 Å². The zero-order chi connectivity index (χ0) is 29.3. The third-order valence-electron chi connectivity index (χ3n) is 7.46. The number of urea groups is 1. The van der Waals surface area contributed by atoms with Crippen molar-refractivity contribution in [1.29, 1.82) is 0 Å². The maximum absolute atomic E-state index is 14.4. The van der Waals surface area contributed by atoms with Gasteiger partial charge in [-0.2, -0.15) is 0 Å². The highest BCUT2D eigenvalue weighted by Gasteiger charge is 2.58. The lowest BCUT2D eigenvalue weighted by atomic mass is 9.78. The molecule has 0 saturated carbocycles. The number of anilines is 2. The van der Waals surface area contributed by atoms with E-state index in [4.69, 9.17) is 11.6 Å². The number of nitrogens with zero attached hydrogens (tertiary/aromatic N) is 2. The summed E-state index contributed by atoms with van der Waals surface area (Å²) in [4.78, 5) is 45.5. The summed E-state index contributed by atoms with van der Waals surface area (Å²) in [6.07, 6.45) is 0. The summed E-state index contributed by atoms with van der Waals surface area (Å²) < 4.78 is 0. The summed E-state index contributed by atoms with van der Waals surface area (Å²) in [6, 6.07) is 22.4. The summed E-state index contributed by atoms with van der Waals surface area (Å²) in [7, 11) is 3.84. The molecule has 0 spiro atoms. The van der Waals surface area contributed by atoms with Crippen LogP contribution in [0.4, 0.5) is 16.2 Å². The molecule has 0 bridgehead atoms. The lowest BCUT2D eigenvalue weighted by molar-refractivity contribution is -0.142. The van der Waals surface area contributed by atoms with E-state index < -0.39 is 35.9 Å². The van der Waals surface area contributed by atoms with Gasteiger partial charge in [0, 0.05) is 46.9 Å². The fraction of sp³-hybridized carbons (Fsp3) is 0.219. The molecule has 0 radical (unpaired) electrons. The molecule has 1 aliphatic heterocycles. The van der Waals surface area contributed by atoms with Crippen LogP contribution in [0.25, 0.3) is 0 Å². The zero-order valence-electron chi connectivity index (χ0n) is 22.8. The smallest absolute Gasteiger partial charge is 0.327 e. The van der Waals surface area contributed by atoms with Gasteiger partial charge in [-0.3, -0.25) is 4.79 Å². The Balaban J connectivity index is 1.71. The number of aliphatic carboxylic acids is 1. The highest BCUT2D eigenvalue weighted by atomic mass is 35.5. The first kappa shape index (κ1) is 28.4. The molecule has 9 heteroatoms. The number of rotatable bonds is 7. The first-order valence-corrected chi connectivity index (χ1v) is 14.4. The SMILES string of the molecule is Cc1cccc(NC(=O)N2C(C(=O)O)C(c3cccs3)C(C(=O)c3cccc(Cl)c3)C2c2ccc(N(C)C)cc2)c1. The Morgan fingerprint density at radius 2 is 1.68 bits per heavy atom. The van der Waals surface area contributed by atoms with E-state index in [1.807, 2.05) is 85.9 Å².